The van der Waals surface area contributed by atoms with Crippen LogP contribution in [-0.4, -0.2) is 16.1 Å². The van der Waals surface area contributed by atoms with Crippen LogP contribution in [0.1, 0.15) is 5.56 Å². The fraction of sp³-hybridized carbons (Fsp3) is 0. The van der Waals surface area contributed by atoms with Crippen molar-refractivity contribution < 1.29 is 10.0 Å². The highest BCUT2D eigenvalue weighted by atomic mass is 35.5. The van der Waals surface area contributed by atoms with Crippen molar-refractivity contribution in [2.24, 2.45) is 5.10 Å². The number of thiazole rings is 1. The van der Waals surface area contributed by atoms with Gasteiger partial charge in [0.25, 0.3) is 5.69 Å². The van der Waals surface area contributed by atoms with Crippen molar-refractivity contribution in [2.45, 2.75) is 0 Å². The van der Waals surface area contributed by atoms with Crippen LogP contribution in [0.25, 0.3) is 11.3 Å². The highest BCUT2D eigenvalue weighted by Gasteiger charge is 2.09. The van der Waals surface area contributed by atoms with Gasteiger partial charge >= 0.3 is 0 Å². The number of nitrogens with zero attached hydrogens (tertiary/aromatic N) is 3. The van der Waals surface area contributed by atoms with Crippen LogP contribution in [0.2, 0.25) is 10.0 Å². The number of anilines is 1. The van der Waals surface area contributed by atoms with Crippen LogP contribution in [-0.2, 0) is 0 Å². The third-order valence-corrected chi connectivity index (χ3v) is 4.57. The van der Waals surface area contributed by atoms with Crippen molar-refractivity contribution in [3.63, 3.8) is 0 Å². The van der Waals surface area contributed by atoms with Crippen LogP contribution >= 0.6 is 34.5 Å². The van der Waals surface area contributed by atoms with Gasteiger partial charge in [-0.15, -0.1) is 11.3 Å². The summed E-state index contributed by atoms with van der Waals surface area (Å²) in [4.78, 5) is 14.5. The van der Waals surface area contributed by atoms with Crippen molar-refractivity contribution in [3.05, 3.63) is 67.5 Å². The van der Waals surface area contributed by atoms with Crippen molar-refractivity contribution in [1.82, 2.24) is 4.98 Å². The number of nitro groups is 1. The second-order valence-electron chi connectivity index (χ2n) is 5.01. The van der Waals surface area contributed by atoms with Gasteiger partial charge in [0.1, 0.15) is 0 Å². The predicted molar refractivity (Wildman–Crippen MR) is 101 cm³/mol. The summed E-state index contributed by atoms with van der Waals surface area (Å²) in [6.45, 7) is 0. The summed E-state index contributed by atoms with van der Waals surface area (Å²) < 4.78 is 0. The minimum absolute atomic E-state index is 0.101. The number of halogens is 2. The SMILES string of the molecule is O=[N+]([O-])c1ccc([O-])c(/C=N\Nc2nc(-c3ccc(Cl)cc3Cl)cs2)c1. The van der Waals surface area contributed by atoms with Crippen LogP contribution in [0.3, 0.4) is 0 Å². The van der Waals surface area contributed by atoms with Gasteiger partial charge in [-0.25, -0.2) is 4.98 Å². The molecule has 0 aliphatic rings. The molecule has 1 aromatic heterocycles. The lowest BCUT2D eigenvalue weighted by Crippen LogP contribution is -1.99. The van der Waals surface area contributed by atoms with Crippen LogP contribution in [0.4, 0.5) is 10.8 Å². The topological polar surface area (TPSA) is 103 Å². The Bertz CT molecular complexity index is 1010. The Hall–Kier alpha value is -2.68. The van der Waals surface area contributed by atoms with Crippen LogP contribution in [0.5, 0.6) is 5.75 Å². The molecule has 3 rings (SSSR count). The molecule has 0 amide bonds. The van der Waals surface area contributed by atoms with Gasteiger partial charge in [-0.3, -0.25) is 15.5 Å². The Morgan fingerprint density at radius 1 is 1.23 bits per heavy atom. The molecular formula is C16H9Cl2N4O3S-. The summed E-state index contributed by atoms with van der Waals surface area (Å²) >= 11 is 13.3. The Kier molecular flexibility index (Phi) is 5.36. The number of nitro benzene ring substituents is 1. The van der Waals surface area contributed by atoms with E-state index < -0.39 is 4.92 Å². The Labute approximate surface area is 161 Å². The molecule has 26 heavy (non-hydrogen) atoms. The molecule has 3 aromatic rings. The maximum absolute atomic E-state index is 11.7. The molecule has 0 radical (unpaired) electrons. The molecule has 0 aliphatic heterocycles. The number of aromatic nitrogens is 1. The molecule has 132 valence electrons. The van der Waals surface area contributed by atoms with Gasteiger partial charge in [0.15, 0.2) is 0 Å². The van der Waals surface area contributed by atoms with Gasteiger partial charge in [-0.05, 0) is 23.8 Å². The molecule has 0 aliphatic carbocycles. The molecule has 1 heterocycles. The number of benzene rings is 2. The molecule has 0 unspecified atom stereocenters. The number of hydrogen-bond donors (Lipinski definition) is 1. The second kappa shape index (κ2) is 7.69. The minimum atomic E-state index is -0.576. The van der Waals surface area contributed by atoms with Crippen molar-refractivity contribution in [2.75, 3.05) is 5.43 Å². The number of nitrogens with one attached hydrogen (secondary N) is 1. The van der Waals surface area contributed by atoms with E-state index in [0.29, 0.717) is 20.9 Å². The molecule has 2 aromatic carbocycles. The molecular weight excluding hydrogens is 399 g/mol. The van der Waals surface area contributed by atoms with E-state index in [-0.39, 0.29) is 17.0 Å². The monoisotopic (exact) mass is 407 g/mol. The molecule has 0 fully saturated rings. The van der Waals surface area contributed by atoms with E-state index >= 15 is 0 Å². The third-order valence-electron chi connectivity index (χ3n) is 3.28. The zero-order valence-electron chi connectivity index (χ0n) is 12.8. The number of hydrazone groups is 1. The molecule has 10 heteroatoms. The van der Waals surface area contributed by atoms with E-state index in [1.165, 1.54) is 17.6 Å². The minimum Gasteiger partial charge on any atom is -0.872 e. The summed E-state index contributed by atoms with van der Waals surface area (Å²) in [5.74, 6) is -0.367. The van der Waals surface area contributed by atoms with E-state index in [9.17, 15) is 15.2 Å². The fourth-order valence-electron chi connectivity index (χ4n) is 2.05. The Morgan fingerprint density at radius 2 is 2.04 bits per heavy atom. The molecule has 0 bridgehead atoms. The lowest BCUT2D eigenvalue weighted by atomic mass is 10.2. The fourth-order valence-corrected chi connectivity index (χ4v) is 3.22. The highest BCUT2D eigenvalue weighted by molar-refractivity contribution is 7.14. The average molecular weight is 408 g/mol. The maximum Gasteiger partial charge on any atom is 0.270 e. The lowest BCUT2D eigenvalue weighted by molar-refractivity contribution is -0.385. The van der Waals surface area contributed by atoms with Gasteiger partial charge in [-0.2, -0.15) is 5.10 Å². The Balaban J connectivity index is 1.75. The van der Waals surface area contributed by atoms with Gasteiger partial charge < -0.3 is 5.11 Å². The lowest BCUT2D eigenvalue weighted by Gasteiger charge is -2.08. The zero-order valence-corrected chi connectivity index (χ0v) is 15.2. The van der Waals surface area contributed by atoms with E-state index in [2.05, 4.69) is 15.5 Å². The zero-order chi connectivity index (χ0) is 18.7. The van der Waals surface area contributed by atoms with Crippen LogP contribution in [0, 0.1) is 10.1 Å². The van der Waals surface area contributed by atoms with E-state index in [1.54, 1.807) is 23.6 Å². The normalized spacial score (nSPS) is 11.0. The highest BCUT2D eigenvalue weighted by Crippen LogP contribution is 2.32. The molecule has 7 nitrogen and oxygen atoms in total. The van der Waals surface area contributed by atoms with Gasteiger partial charge in [-0.1, -0.05) is 35.0 Å². The smallest absolute Gasteiger partial charge is 0.270 e. The summed E-state index contributed by atoms with van der Waals surface area (Å²) in [7, 11) is 0. The van der Waals surface area contributed by atoms with Crippen molar-refractivity contribution in [3.8, 4) is 17.0 Å². The van der Waals surface area contributed by atoms with E-state index in [1.807, 2.05) is 0 Å². The standard InChI is InChI=1S/C16H10Cl2N4O3S/c17-10-1-3-12(13(18)6-10)14-8-26-16(20-14)21-19-7-9-5-11(22(24)25)2-4-15(9)23/h1-8,23H,(H,20,21)/p-1/b19-7-. The van der Waals surface area contributed by atoms with E-state index in [0.717, 1.165) is 23.8 Å². The van der Waals surface area contributed by atoms with Crippen LogP contribution in [0.15, 0.2) is 46.9 Å². The quantitative estimate of drug-likeness (QED) is 0.379. The van der Waals surface area contributed by atoms with Crippen LogP contribution < -0.4 is 10.5 Å². The van der Waals surface area contributed by atoms with Gasteiger partial charge in [0.05, 0.1) is 21.9 Å². The molecule has 1 N–H and O–H groups in total. The first-order valence-electron chi connectivity index (χ1n) is 7.09. The summed E-state index contributed by atoms with van der Waals surface area (Å²) in [6, 6.07) is 8.54. The second-order valence-corrected chi connectivity index (χ2v) is 6.71. The first-order valence-corrected chi connectivity index (χ1v) is 8.73. The summed E-state index contributed by atoms with van der Waals surface area (Å²) in [6.07, 6.45) is 1.21. The van der Waals surface area contributed by atoms with Crippen molar-refractivity contribution >= 4 is 51.6 Å². The Morgan fingerprint density at radius 3 is 2.77 bits per heavy atom. The first-order chi connectivity index (χ1) is 12.4. The first kappa shape index (κ1) is 18.1. The number of non-ortho nitro benzene ring substituents is 1. The molecule has 0 saturated heterocycles. The maximum atomic E-state index is 11.7. The number of hydrogen-bond acceptors (Lipinski definition) is 7. The van der Waals surface area contributed by atoms with Crippen molar-refractivity contribution in [1.29, 1.82) is 0 Å². The molecule has 0 spiro atoms. The summed E-state index contributed by atoms with van der Waals surface area (Å²) in [5, 5.41) is 29.7. The number of rotatable bonds is 5. The molecule has 0 saturated carbocycles. The average Bonchev–Trinajstić information content (AvgIpc) is 3.05. The van der Waals surface area contributed by atoms with Gasteiger partial charge in [0, 0.05) is 28.1 Å². The third kappa shape index (κ3) is 4.10. The largest absolute Gasteiger partial charge is 0.872 e. The summed E-state index contributed by atoms with van der Waals surface area (Å²) in [5.41, 5.74) is 3.98. The predicted octanol–water partition coefficient (Wildman–Crippen LogP) is 4.54. The van der Waals surface area contributed by atoms with Gasteiger partial charge in [0.2, 0.25) is 5.13 Å². The van der Waals surface area contributed by atoms with E-state index in [4.69, 9.17) is 23.2 Å². The molecule has 0 atom stereocenters.